The number of phenols is 1. The van der Waals surface area contributed by atoms with E-state index in [9.17, 15) is 14.7 Å². The molecule has 126 valence electrons. The number of aryl methyl sites for hydroxylation is 1. The smallest absolute Gasteiger partial charge is 0.175 e. The normalized spacial score (nSPS) is 11.1. The number of phenolic OH excluding ortho intramolecular Hbond substituents is 1. The van der Waals surface area contributed by atoms with Crippen LogP contribution in [0.3, 0.4) is 0 Å². The van der Waals surface area contributed by atoms with Gasteiger partial charge in [0.25, 0.3) is 0 Å². The lowest BCUT2D eigenvalue weighted by Crippen LogP contribution is -2.33. The molecule has 0 aliphatic heterocycles. The average molecular weight is 326 g/mol. The van der Waals surface area contributed by atoms with Crippen LogP contribution in [0.5, 0.6) is 11.5 Å². The van der Waals surface area contributed by atoms with Crippen LogP contribution in [0.4, 0.5) is 0 Å². The summed E-state index contributed by atoms with van der Waals surface area (Å²) in [6.45, 7) is 3.34. The lowest BCUT2D eigenvalue weighted by atomic mass is 9.78. The lowest BCUT2D eigenvalue weighted by Gasteiger charge is -2.21. The number of carbonyl (C=O) groups excluding carboxylic acids is 2. The maximum atomic E-state index is 12.6. The van der Waals surface area contributed by atoms with Crippen molar-refractivity contribution in [2.45, 2.75) is 26.7 Å². The van der Waals surface area contributed by atoms with Crippen molar-refractivity contribution in [1.82, 2.24) is 0 Å². The van der Waals surface area contributed by atoms with Gasteiger partial charge in [-0.3, -0.25) is 9.59 Å². The number of methoxy groups -OCH3 is 1. The zero-order valence-electron chi connectivity index (χ0n) is 14.2. The van der Waals surface area contributed by atoms with Crippen molar-refractivity contribution in [2.75, 3.05) is 7.11 Å². The van der Waals surface area contributed by atoms with Crippen LogP contribution >= 0.6 is 0 Å². The number of hydrogen-bond donors (Lipinski definition) is 1. The molecule has 0 saturated carbocycles. The molecule has 0 saturated heterocycles. The molecule has 0 heterocycles. The van der Waals surface area contributed by atoms with E-state index in [2.05, 4.69) is 0 Å². The van der Waals surface area contributed by atoms with Crippen LogP contribution in [0.25, 0.3) is 0 Å². The van der Waals surface area contributed by atoms with Crippen LogP contribution in [0.2, 0.25) is 0 Å². The summed E-state index contributed by atoms with van der Waals surface area (Å²) in [4.78, 5) is 25.2. The van der Waals surface area contributed by atoms with Crippen molar-refractivity contribution in [1.29, 1.82) is 0 Å². The Hall–Kier alpha value is -2.62. The molecule has 4 nitrogen and oxygen atoms in total. The Bertz CT molecular complexity index is 733. The van der Waals surface area contributed by atoms with Crippen molar-refractivity contribution in [3.63, 3.8) is 0 Å². The molecule has 0 spiro atoms. The van der Waals surface area contributed by atoms with E-state index >= 15 is 0 Å². The third-order valence-corrected chi connectivity index (χ3v) is 4.19. The third-order valence-electron chi connectivity index (χ3n) is 4.19. The van der Waals surface area contributed by atoms with Crippen LogP contribution in [0, 0.1) is 5.41 Å². The first-order valence-electron chi connectivity index (χ1n) is 7.85. The van der Waals surface area contributed by atoms with E-state index in [0.29, 0.717) is 17.7 Å². The first kappa shape index (κ1) is 17.7. The zero-order chi connectivity index (χ0) is 17.7. The van der Waals surface area contributed by atoms with Gasteiger partial charge in [0.05, 0.1) is 12.5 Å². The molecule has 0 fully saturated rings. The summed E-state index contributed by atoms with van der Waals surface area (Å²) in [7, 11) is 1.48. The minimum atomic E-state index is -1.07. The summed E-state index contributed by atoms with van der Waals surface area (Å²) < 4.78 is 5.07. The van der Waals surface area contributed by atoms with Crippen LogP contribution in [0.1, 0.15) is 36.2 Å². The van der Waals surface area contributed by atoms with E-state index in [0.717, 1.165) is 5.56 Å². The lowest BCUT2D eigenvalue weighted by molar-refractivity contribution is -0.124. The number of benzene rings is 2. The Kier molecular flexibility index (Phi) is 5.39. The summed E-state index contributed by atoms with van der Waals surface area (Å²) in [5, 5.41) is 9.60. The van der Waals surface area contributed by atoms with E-state index < -0.39 is 5.41 Å². The highest BCUT2D eigenvalue weighted by molar-refractivity contribution is 6.13. The summed E-state index contributed by atoms with van der Waals surface area (Å²) in [5.74, 6) is 0.159. The van der Waals surface area contributed by atoms with Gasteiger partial charge in [-0.05, 0) is 38.0 Å². The number of Topliss-reactive ketones (excluding diaryl/α,β-unsaturated/α-hetero) is 2. The predicted molar refractivity (Wildman–Crippen MR) is 92.5 cm³/mol. The fraction of sp³-hybridized carbons (Fsp3) is 0.300. The Morgan fingerprint density at radius 3 is 2.38 bits per heavy atom. The predicted octanol–water partition coefficient (Wildman–Crippen LogP) is 3.81. The first-order valence-corrected chi connectivity index (χ1v) is 7.85. The summed E-state index contributed by atoms with van der Waals surface area (Å²) in [6.07, 6.45) is 0.737. The van der Waals surface area contributed by atoms with Gasteiger partial charge in [0.15, 0.2) is 17.3 Å². The van der Waals surface area contributed by atoms with Crippen LogP contribution in [0.15, 0.2) is 48.5 Å². The number of hydrogen-bond acceptors (Lipinski definition) is 4. The SMILES string of the molecule is COc1cc(CCC(=O)C(C)(C)C(=O)c2ccccc2)ccc1O. The van der Waals surface area contributed by atoms with Gasteiger partial charge in [-0.25, -0.2) is 0 Å². The van der Waals surface area contributed by atoms with Gasteiger partial charge in [-0.15, -0.1) is 0 Å². The number of aromatic hydroxyl groups is 1. The minimum Gasteiger partial charge on any atom is -0.504 e. The second-order valence-electron chi connectivity index (χ2n) is 6.25. The van der Waals surface area contributed by atoms with Gasteiger partial charge in [0.2, 0.25) is 0 Å². The highest BCUT2D eigenvalue weighted by Gasteiger charge is 2.35. The monoisotopic (exact) mass is 326 g/mol. The molecule has 1 N–H and O–H groups in total. The molecule has 2 rings (SSSR count). The van der Waals surface area contributed by atoms with E-state index in [-0.39, 0.29) is 23.7 Å². The van der Waals surface area contributed by atoms with Gasteiger partial charge in [0, 0.05) is 12.0 Å². The van der Waals surface area contributed by atoms with Crippen molar-refractivity contribution in [2.24, 2.45) is 5.41 Å². The minimum absolute atomic E-state index is 0.0622. The van der Waals surface area contributed by atoms with Crippen molar-refractivity contribution >= 4 is 11.6 Å². The molecule has 0 bridgehead atoms. The summed E-state index contributed by atoms with van der Waals surface area (Å²) in [5.41, 5.74) is 0.352. The molecule has 24 heavy (non-hydrogen) atoms. The molecule has 4 heteroatoms. The molecular formula is C20H22O4. The highest BCUT2D eigenvalue weighted by atomic mass is 16.5. The summed E-state index contributed by atoms with van der Waals surface area (Å²) >= 11 is 0. The van der Waals surface area contributed by atoms with Crippen LogP contribution in [-0.2, 0) is 11.2 Å². The molecule has 0 unspecified atom stereocenters. The molecule has 2 aromatic rings. The van der Waals surface area contributed by atoms with Crippen LogP contribution < -0.4 is 4.74 Å². The van der Waals surface area contributed by atoms with E-state index in [1.165, 1.54) is 7.11 Å². The van der Waals surface area contributed by atoms with Crippen molar-refractivity contribution in [3.8, 4) is 11.5 Å². The number of ether oxygens (including phenoxy) is 1. The Morgan fingerprint density at radius 1 is 1.08 bits per heavy atom. The molecule has 0 atom stereocenters. The molecule has 2 aromatic carbocycles. The van der Waals surface area contributed by atoms with Crippen molar-refractivity contribution in [3.05, 3.63) is 59.7 Å². The fourth-order valence-corrected chi connectivity index (χ4v) is 2.52. The first-order chi connectivity index (χ1) is 11.4. The van der Waals surface area contributed by atoms with Crippen molar-refractivity contribution < 1.29 is 19.4 Å². The van der Waals surface area contributed by atoms with Gasteiger partial charge in [0.1, 0.15) is 5.78 Å². The largest absolute Gasteiger partial charge is 0.504 e. The van der Waals surface area contributed by atoms with Gasteiger partial charge in [-0.2, -0.15) is 0 Å². The second-order valence-corrected chi connectivity index (χ2v) is 6.25. The molecule has 0 aliphatic rings. The molecular weight excluding hydrogens is 304 g/mol. The molecule has 0 aromatic heterocycles. The number of carbonyl (C=O) groups is 2. The van der Waals surface area contributed by atoms with Gasteiger partial charge < -0.3 is 9.84 Å². The Balaban J connectivity index is 2.07. The summed E-state index contributed by atoms with van der Waals surface area (Å²) in [6, 6.07) is 13.9. The maximum Gasteiger partial charge on any atom is 0.175 e. The Morgan fingerprint density at radius 2 is 1.75 bits per heavy atom. The van der Waals surface area contributed by atoms with E-state index in [1.807, 2.05) is 6.07 Å². The third kappa shape index (κ3) is 3.82. The highest BCUT2D eigenvalue weighted by Crippen LogP contribution is 2.29. The average Bonchev–Trinajstić information content (AvgIpc) is 2.60. The Labute approximate surface area is 142 Å². The number of ketones is 2. The number of rotatable bonds is 7. The van der Waals surface area contributed by atoms with Gasteiger partial charge >= 0.3 is 0 Å². The zero-order valence-corrected chi connectivity index (χ0v) is 14.2. The second kappa shape index (κ2) is 7.30. The fourth-order valence-electron chi connectivity index (χ4n) is 2.52. The molecule has 0 radical (unpaired) electrons. The maximum absolute atomic E-state index is 12.6. The van der Waals surface area contributed by atoms with Crippen LogP contribution in [-0.4, -0.2) is 23.8 Å². The molecule has 0 amide bonds. The standard InChI is InChI=1S/C20H22O4/c1-20(2,19(23)15-7-5-4-6-8-15)18(22)12-10-14-9-11-16(21)17(13-14)24-3/h4-9,11,13,21H,10,12H2,1-3H3. The molecule has 0 aliphatic carbocycles. The van der Waals surface area contributed by atoms with E-state index in [4.69, 9.17) is 4.74 Å². The topological polar surface area (TPSA) is 63.6 Å². The quantitative estimate of drug-likeness (QED) is 0.621. The van der Waals surface area contributed by atoms with Gasteiger partial charge in [-0.1, -0.05) is 36.4 Å². The van der Waals surface area contributed by atoms with E-state index in [1.54, 1.807) is 56.3 Å².